The fourth-order valence-electron chi connectivity index (χ4n) is 3.89. The lowest BCUT2D eigenvalue weighted by atomic mass is 9.99. The molecule has 2 heterocycles. The summed E-state index contributed by atoms with van der Waals surface area (Å²) in [6.45, 7) is 5.54. The number of rotatable bonds is 11. The number of ketones is 1. The molecule has 1 atom stereocenters. The molecule has 0 saturated heterocycles. The van der Waals surface area contributed by atoms with Gasteiger partial charge in [0, 0.05) is 29.1 Å². The summed E-state index contributed by atoms with van der Waals surface area (Å²) in [7, 11) is 1.27. The van der Waals surface area contributed by atoms with Crippen molar-refractivity contribution in [2.24, 2.45) is 0 Å². The van der Waals surface area contributed by atoms with Gasteiger partial charge in [0.05, 0.1) is 7.11 Å². The van der Waals surface area contributed by atoms with E-state index < -0.39 is 28.8 Å². The highest BCUT2D eigenvalue weighted by Gasteiger charge is 2.22. The fourth-order valence-corrected chi connectivity index (χ4v) is 3.89. The average Bonchev–Trinajstić information content (AvgIpc) is 3.27. The van der Waals surface area contributed by atoms with Gasteiger partial charge in [0.1, 0.15) is 28.4 Å². The maximum atomic E-state index is 13.0. The van der Waals surface area contributed by atoms with E-state index in [4.69, 9.17) is 8.83 Å². The van der Waals surface area contributed by atoms with E-state index in [0.29, 0.717) is 18.6 Å². The van der Waals surface area contributed by atoms with Crippen molar-refractivity contribution in [2.75, 3.05) is 7.11 Å². The number of fused-ring (bicyclic) bond motifs is 1. The number of amides is 1. The molecule has 0 radical (unpaired) electrons. The number of nitrogens with one attached hydrogen (secondary N) is 1. The zero-order valence-electron chi connectivity index (χ0n) is 21.6. The number of Topliss-reactive ketones (excluding diaryl/α,β-unsaturated/α-hetero) is 1. The molecule has 0 aliphatic heterocycles. The number of aromatic hydroxyl groups is 1. The lowest BCUT2D eigenvalue weighted by Crippen LogP contribution is -2.16. The Balaban J connectivity index is 1.72. The largest absolute Gasteiger partial charge is 0.507 e. The predicted octanol–water partition coefficient (Wildman–Crippen LogP) is 6.47. The number of alkyl carbamates (subject to hydrolysis) is 1. The number of unbranched alkanes of at least 4 members (excludes halogenated alkanes) is 1. The van der Waals surface area contributed by atoms with Gasteiger partial charge >= 0.3 is 11.7 Å². The second kappa shape index (κ2) is 12.8. The number of benzene rings is 1. The van der Waals surface area contributed by atoms with Crippen LogP contribution in [0, 0.1) is 0 Å². The van der Waals surface area contributed by atoms with Crippen LogP contribution in [0.15, 0.2) is 61.8 Å². The molecule has 0 fully saturated rings. The Kier molecular flexibility index (Phi) is 9.49. The summed E-state index contributed by atoms with van der Waals surface area (Å²) in [5.74, 6) is -0.515. The second-order valence-electron chi connectivity index (χ2n) is 8.99. The topological polar surface area (TPSA) is 119 Å². The first-order chi connectivity index (χ1) is 17.7. The first kappa shape index (κ1) is 27.5. The molecule has 0 bridgehead atoms. The van der Waals surface area contributed by atoms with Crippen LogP contribution in [0.25, 0.3) is 17.0 Å². The van der Waals surface area contributed by atoms with Gasteiger partial charge in [0.15, 0.2) is 5.78 Å². The molecule has 1 amide bonds. The Morgan fingerprint density at radius 3 is 2.68 bits per heavy atom. The van der Waals surface area contributed by atoms with Crippen molar-refractivity contribution < 1.29 is 28.3 Å². The molecular weight excluding hydrogens is 474 g/mol. The van der Waals surface area contributed by atoms with Crippen LogP contribution in [0.5, 0.6) is 5.75 Å². The molecule has 0 spiro atoms. The minimum absolute atomic E-state index is 0.208. The maximum absolute atomic E-state index is 13.0. The quantitative estimate of drug-likeness (QED) is 0.225. The van der Waals surface area contributed by atoms with Crippen LogP contribution in [-0.2, 0) is 11.2 Å². The van der Waals surface area contributed by atoms with Crippen LogP contribution in [0.3, 0.4) is 0 Å². The van der Waals surface area contributed by atoms with Crippen LogP contribution >= 0.6 is 0 Å². The van der Waals surface area contributed by atoms with Crippen molar-refractivity contribution in [3.8, 4) is 5.75 Å². The van der Waals surface area contributed by atoms with E-state index in [9.17, 15) is 19.5 Å². The van der Waals surface area contributed by atoms with Gasteiger partial charge in [-0.3, -0.25) is 10.1 Å². The smallest absolute Gasteiger partial charge is 0.410 e. The average molecular weight is 508 g/mol. The van der Waals surface area contributed by atoms with Crippen molar-refractivity contribution in [2.45, 2.75) is 58.8 Å². The molecule has 0 saturated carbocycles. The minimum Gasteiger partial charge on any atom is -0.507 e. The summed E-state index contributed by atoms with van der Waals surface area (Å²) in [6.07, 6.45) is 8.54. The number of hydrogen-bond donors (Lipinski definition) is 2. The van der Waals surface area contributed by atoms with Crippen molar-refractivity contribution in [3.63, 3.8) is 0 Å². The Morgan fingerprint density at radius 2 is 1.97 bits per heavy atom. The molecule has 196 valence electrons. The molecule has 2 N–H and O–H groups in total. The number of methoxy groups -OCH3 is 1. The molecule has 8 nitrogen and oxygen atoms in total. The Hall–Kier alpha value is -4.07. The van der Waals surface area contributed by atoms with E-state index in [2.05, 4.69) is 23.0 Å². The highest BCUT2D eigenvalue weighted by Crippen LogP contribution is 2.27. The van der Waals surface area contributed by atoms with E-state index >= 15 is 0 Å². The van der Waals surface area contributed by atoms with E-state index in [1.54, 1.807) is 19.1 Å². The molecule has 8 heteroatoms. The molecule has 0 aliphatic rings. The van der Waals surface area contributed by atoms with Crippen LogP contribution < -0.4 is 10.9 Å². The number of ether oxygens (including phenoxy) is 1. The highest BCUT2D eigenvalue weighted by atomic mass is 16.5. The summed E-state index contributed by atoms with van der Waals surface area (Å²) >= 11 is 0. The summed E-state index contributed by atoms with van der Waals surface area (Å²) in [5.41, 5.74) is 0.851. The van der Waals surface area contributed by atoms with Crippen molar-refractivity contribution in [1.82, 2.24) is 5.32 Å². The fraction of sp³-hybridized carbons (Fsp3) is 0.345. The summed E-state index contributed by atoms with van der Waals surface area (Å²) in [6, 6.07) is 9.20. The van der Waals surface area contributed by atoms with Crippen molar-refractivity contribution >= 4 is 28.9 Å². The van der Waals surface area contributed by atoms with Gasteiger partial charge in [-0.25, -0.2) is 9.59 Å². The third-order valence-corrected chi connectivity index (χ3v) is 6.07. The van der Waals surface area contributed by atoms with Crippen LogP contribution in [0.4, 0.5) is 4.79 Å². The molecule has 37 heavy (non-hydrogen) atoms. The second-order valence-corrected chi connectivity index (χ2v) is 8.99. The molecule has 3 rings (SSSR count). The monoisotopic (exact) mass is 507 g/mol. The summed E-state index contributed by atoms with van der Waals surface area (Å²) in [4.78, 5) is 36.7. The number of carbonyl (C=O) groups excluding carboxylic acids is 2. The standard InChI is InChI=1S/C29H33NO7/c1-5-6-10-20-11-12-21-16-22(36-25(21)15-20)14-19(3)27(32)26-23(31)17-24(37-28(26)33)18(2)9-7-8-13-30-29(34)35-4/h8,11-18,31H,5-7,9-10H2,1-4H3,(H,30,34)/b13-8+,19-14+. The third-order valence-electron chi connectivity index (χ3n) is 6.07. The van der Waals surface area contributed by atoms with Gasteiger partial charge < -0.3 is 18.7 Å². The molecule has 2 aromatic heterocycles. The number of allylic oxidation sites excluding steroid dienone is 2. The highest BCUT2D eigenvalue weighted by molar-refractivity contribution is 6.12. The predicted molar refractivity (Wildman–Crippen MR) is 142 cm³/mol. The Labute approximate surface area is 215 Å². The van der Waals surface area contributed by atoms with Gasteiger partial charge in [-0.05, 0) is 56.4 Å². The van der Waals surface area contributed by atoms with Crippen LogP contribution in [0.2, 0.25) is 0 Å². The molecule has 0 aliphatic carbocycles. The first-order valence-electron chi connectivity index (χ1n) is 12.4. The molecule has 1 unspecified atom stereocenters. The van der Waals surface area contributed by atoms with Gasteiger partial charge in [-0.15, -0.1) is 0 Å². The van der Waals surface area contributed by atoms with Crippen LogP contribution in [-0.4, -0.2) is 24.1 Å². The van der Waals surface area contributed by atoms with Gasteiger partial charge in [-0.2, -0.15) is 0 Å². The van der Waals surface area contributed by atoms with Gasteiger partial charge in [-0.1, -0.05) is 38.5 Å². The lowest BCUT2D eigenvalue weighted by Gasteiger charge is -2.11. The molecular formula is C29H33NO7. The van der Waals surface area contributed by atoms with E-state index in [-0.39, 0.29) is 17.3 Å². The Morgan fingerprint density at radius 1 is 1.19 bits per heavy atom. The third kappa shape index (κ3) is 7.22. The SMILES string of the molecule is CCCCc1ccc2cc(/C=C(\C)C(=O)c3c(O)cc(C(C)CC/C=C/NC(=O)OC)oc3=O)oc2c1. The Bertz CT molecular complexity index is 1380. The number of furan rings is 1. The molecule has 1 aromatic carbocycles. The number of carbonyl (C=O) groups is 2. The number of aryl methyl sites for hydroxylation is 1. The summed E-state index contributed by atoms with van der Waals surface area (Å²) < 4.78 is 15.7. The van der Waals surface area contributed by atoms with E-state index in [1.165, 1.54) is 24.9 Å². The van der Waals surface area contributed by atoms with Gasteiger partial charge in [0.2, 0.25) is 0 Å². The zero-order valence-corrected chi connectivity index (χ0v) is 21.6. The van der Waals surface area contributed by atoms with Gasteiger partial charge in [0.25, 0.3) is 0 Å². The van der Waals surface area contributed by atoms with Crippen molar-refractivity contribution in [1.29, 1.82) is 0 Å². The van der Waals surface area contributed by atoms with E-state index in [0.717, 1.165) is 30.2 Å². The van der Waals surface area contributed by atoms with Crippen molar-refractivity contribution in [3.05, 3.63) is 81.2 Å². The zero-order chi connectivity index (χ0) is 26.9. The minimum atomic E-state index is -0.896. The first-order valence-corrected chi connectivity index (χ1v) is 12.4. The summed E-state index contributed by atoms with van der Waals surface area (Å²) in [5, 5.41) is 13.9. The lowest BCUT2D eigenvalue weighted by molar-refractivity contribution is 0.102. The van der Waals surface area contributed by atoms with Crippen LogP contribution in [0.1, 0.15) is 79.8 Å². The maximum Gasteiger partial charge on any atom is 0.410 e. The van der Waals surface area contributed by atoms with E-state index in [1.807, 2.05) is 25.1 Å². The molecule has 3 aromatic rings. The number of hydrogen-bond acceptors (Lipinski definition) is 7. The normalized spacial score (nSPS) is 12.7.